The molecule has 21 heavy (non-hydrogen) atoms. The smallest absolute Gasteiger partial charge is 0.225 e. The third-order valence-electron chi connectivity index (χ3n) is 3.80. The lowest BCUT2D eigenvalue weighted by molar-refractivity contribution is -0.138. The largest absolute Gasteiger partial charge is 0.399 e. The number of nitrogens with zero attached hydrogens (tertiary/aromatic N) is 1. The van der Waals surface area contributed by atoms with E-state index in [2.05, 4.69) is 5.32 Å². The first-order valence-electron chi connectivity index (χ1n) is 7.50. The van der Waals surface area contributed by atoms with Gasteiger partial charge in [0.2, 0.25) is 11.8 Å². The van der Waals surface area contributed by atoms with Gasteiger partial charge >= 0.3 is 0 Å². The average Bonchev–Trinajstić information content (AvgIpc) is 2.43. The molecule has 1 atom stereocenters. The van der Waals surface area contributed by atoms with Gasteiger partial charge in [-0.2, -0.15) is 0 Å². The lowest BCUT2D eigenvalue weighted by Crippen LogP contribution is -2.40. The van der Waals surface area contributed by atoms with Crippen molar-refractivity contribution in [3.05, 3.63) is 24.3 Å². The second kappa shape index (κ2) is 7.11. The molecule has 1 fully saturated rings. The van der Waals surface area contributed by atoms with Gasteiger partial charge in [-0.05, 0) is 37.5 Å². The Balaban J connectivity index is 1.73. The lowest BCUT2D eigenvalue weighted by Gasteiger charge is -2.30. The van der Waals surface area contributed by atoms with Gasteiger partial charge in [0.15, 0.2) is 0 Å². The number of nitrogen functional groups attached to an aromatic ring is 1. The van der Waals surface area contributed by atoms with Crippen LogP contribution in [0.1, 0.15) is 32.6 Å². The second-order valence-electron chi connectivity index (χ2n) is 5.65. The summed E-state index contributed by atoms with van der Waals surface area (Å²) in [5.41, 5.74) is 7.00. The fourth-order valence-corrected chi connectivity index (χ4v) is 2.63. The number of amides is 2. The number of likely N-dealkylation sites (tertiary alicyclic amines) is 1. The van der Waals surface area contributed by atoms with Crippen molar-refractivity contribution >= 4 is 23.2 Å². The molecule has 0 bridgehead atoms. The van der Waals surface area contributed by atoms with Gasteiger partial charge in [0, 0.05) is 36.8 Å². The highest BCUT2D eigenvalue weighted by atomic mass is 16.2. The van der Waals surface area contributed by atoms with Crippen LogP contribution in [0.2, 0.25) is 0 Å². The number of rotatable bonds is 5. The van der Waals surface area contributed by atoms with Crippen molar-refractivity contribution in [2.45, 2.75) is 32.6 Å². The second-order valence-corrected chi connectivity index (χ2v) is 5.65. The molecular weight excluding hydrogens is 266 g/mol. The van der Waals surface area contributed by atoms with Gasteiger partial charge in [-0.15, -0.1) is 0 Å². The van der Waals surface area contributed by atoms with Gasteiger partial charge in [0.05, 0.1) is 0 Å². The quantitative estimate of drug-likeness (QED) is 0.816. The summed E-state index contributed by atoms with van der Waals surface area (Å²) in [6.45, 7) is 3.45. The highest BCUT2D eigenvalue weighted by Crippen LogP contribution is 2.18. The van der Waals surface area contributed by atoms with Crippen LogP contribution in [0.4, 0.5) is 11.4 Å². The summed E-state index contributed by atoms with van der Waals surface area (Å²) in [6.07, 6.45) is 3.13. The molecule has 5 heteroatoms. The van der Waals surface area contributed by atoms with Crippen LogP contribution in [0.25, 0.3) is 0 Å². The third kappa shape index (κ3) is 4.48. The zero-order valence-electron chi connectivity index (χ0n) is 12.5. The Labute approximate surface area is 125 Å². The first kappa shape index (κ1) is 15.4. The molecule has 1 aromatic carbocycles. The van der Waals surface area contributed by atoms with Gasteiger partial charge in [-0.1, -0.05) is 13.0 Å². The number of carbonyl (C=O) groups excluding carboxylic acids is 2. The van der Waals surface area contributed by atoms with E-state index in [0.717, 1.165) is 19.4 Å². The van der Waals surface area contributed by atoms with Crippen LogP contribution in [0, 0.1) is 5.92 Å². The fraction of sp³-hybridized carbons (Fsp3) is 0.500. The normalized spacial score (nSPS) is 18.6. The van der Waals surface area contributed by atoms with Gasteiger partial charge in [-0.3, -0.25) is 9.59 Å². The molecule has 0 radical (unpaired) electrons. The molecule has 0 aromatic heterocycles. The summed E-state index contributed by atoms with van der Waals surface area (Å²) in [6, 6.07) is 7.12. The third-order valence-corrected chi connectivity index (χ3v) is 3.80. The maximum atomic E-state index is 11.9. The highest BCUT2D eigenvalue weighted by molar-refractivity contribution is 5.91. The molecule has 0 saturated carbocycles. The summed E-state index contributed by atoms with van der Waals surface area (Å²) in [4.78, 5) is 25.7. The van der Waals surface area contributed by atoms with Gasteiger partial charge in [-0.25, -0.2) is 0 Å². The van der Waals surface area contributed by atoms with E-state index in [0.29, 0.717) is 30.8 Å². The molecule has 114 valence electrons. The minimum Gasteiger partial charge on any atom is -0.399 e. The molecule has 1 aromatic rings. The molecule has 2 amide bonds. The summed E-state index contributed by atoms with van der Waals surface area (Å²) in [5.74, 6) is 0.301. The van der Waals surface area contributed by atoms with Crippen LogP contribution in [-0.4, -0.2) is 29.8 Å². The summed E-state index contributed by atoms with van der Waals surface area (Å²) in [7, 11) is 0. The van der Waals surface area contributed by atoms with E-state index in [1.54, 1.807) is 18.2 Å². The van der Waals surface area contributed by atoms with Gasteiger partial charge in [0.1, 0.15) is 0 Å². The van der Waals surface area contributed by atoms with E-state index in [1.807, 2.05) is 17.9 Å². The van der Waals surface area contributed by atoms with Crippen molar-refractivity contribution in [3.63, 3.8) is 0 Å². The van der Waals surface area contributed by atoms with E-state index in [9.17, 15) is 9.59 Å². The van der Waals surface area contributed by atoms with E-state index in [1.165, 1.54) is 0 Å². The number of hydrogen-bond acceptors (Lipinski definition) is 3. The minimum absolute atomic E-state index is 0.0434. The first-order valence-corrected chi connectivity index (χ1v) is 7.50. The molecule has 0 spiro atoms. The number of carbonyl (C=O) groups is 2. The maximum absolute atomic E-state index is 11.9. The van der Waals surface area contributed by atoms with Crippen molar-refractivity contribution in [2.75, 3.05) is 24.1 Å². The molecule has 2 rings (SSSR count). The van der Waals surface area contributed by atoms with Crippen molar-refractivity contribution < 1.29 is 9.59 Å². The van der Waals surface area contributed by atoms with Gasteiger partial charge < -0.3 is 16.0 Å². The number of anilines is 2. The lowest BCUT2D eigenvalue weighted by atomic mass is 9.99. The van der Waals surface area contributed by atoms with Crippen LogP contribution in [0.15, 0.2) is 24.3 Å². The molecule has 1 unspecified atom stereocenters. The molecular formula is C16H23N3O2. The Morgan fingerprint density at radius 2 is 2.29 bits per heavy atom. The number of piperidine rings is 1. The van der Waals surface area contributed by atoms with Crippen LogP contribution in [0.5, 0.6) is 0 Å². The standard InChI is InChI=1S/C16H23N3O2/c1-12-5-3-9-19(16(12)21)10-4-8-15(20)18-14-7-2-6-13(17)11-14/h2,6-7,11-12H,3-5,8-10,17H2,1H3,(H,18,20). The Kier molecular flexibility index (Phi) is 5.20. The predicted molar refractivity (Wildman–Crippen MR) is 83.7 cm³/mol. The number of nitrogens with two attached hydrogens (primary N) is 1. The Morgan fingerprint density at radius 1 is 1.48 bits per heavy atom. The topological polar surface area (TPSA) is 75.4 Å². The molecule has 1 heterocycles. The van der Waals surface area contributed by atoms with Crippen molar-refractivity contribution in [1.82, 2.24) is 4.90 Å². The van der Waals surface area contributed by atoms with Crippen LogP contribution in [-0.2, 0) is 9.59 Å². The SMILES string of the molecule is CC1CCCN(CCCC(=O)Nc2cccc(N)c2)C1=O. The molecule has 3 N–H and O–H groups in total. The van der Waals surface area contributed by atoms with Crippen LogP contribution < -0.4 is 11.1 Å². The maximum Gasteiger partial charge on any atom is 0.225 e. The minimum atomic E-state index is -0.0434. The van der Waals surface area contributed by atoms with E-state index in [4.69, 9.17) is 5.73 Å². The Hall–Kier alpha value is -2.04. The molecule has 1 saturated heterocycles. The van der Waals surface area contributed by atoms with Crippen molar-refractivity contribution in [1.29, 1.82) is 0 Å². The van der Waals surface area contributed by atoms with Gasteiger partial charge in [0.25, 0.3) is 0 Å². The van der Waals surface area contributed by atoms with E-state index < -0.39 is 0 Å². The average molecular weight is 289 g/mol. The fourth-order valence-electron chi connectivity index (χ4n) is 2.63. The zero-order chi connectivity index (χ0) is 15.2. The van der Waals surface area contributed by atoms with Crippen molar-refractivity contribution in [3.8, 4) is 0 Å². The van der Waals surface area contributed by atoms with Crippen LogP contribution >= 0.6 is 0 Å². The Bertz CT molecular complexity index is 516. The van der Waals surface area contributed by atoms with Crippen molar-refractivity contribution in [2.24, 2.45) is 5.92 Å². The summed E-state index contributed by atoms with van der Waals surface area (Å²) < 4.78 is 0. The molecule has 0 aliphatic carbocycles. The monoisotopic (exact) mass is 289 g/mol. The number of nitrogens with one attached hydrogen (secondary N) is 1. The van der Waals surface area contributed by atoms with E-state index >= 15 is 0 Å². The molecule has 1 aliphatic rings. The zero-order valence-corrected chi connectivity index (χ0v) is 12.5. The number of benzene rings is 1. The van der Waals surface area contributed by atoms with E-state index in [-0.39, 0.29) is 17.7 Å². The summed E-state index contributed by atoms with van der Waals surface area (Å²) >= 11 is 0. The highest BCUT2D eigenvalue weighted by Gasteiger charge is 2.24. The predicted octanol–water partition coefficient (Wildman–Crippen LogP) is 2.25. The number of hydrogen-bond donors (Lipinski definition) is 2. The summed E-state index contributed by atoms with van der Waals surface area (Å²) in [5, 5.41) is 2.82. The Morgan fingerprint density at radius 3 is 3.05 bits per heavy atom. The molecule has 1 aliphatic heterocycles. The first-order chi connectivity index (χ1) is 10.1. The van der Waals surface area contributed by atoms with Crippen LogP contribution in [0.3, 0.4) is 0 Å². The molecule has 5 nitrogen and oxygen atoms in total.